The van der Waals surface area contributed by atoms with Gasteiger partial charge in [-0.2, -0.15) is 0 Å². The van der Waals surface area contributed by atoms with Gasteiger partial charge in [0, 0.05) is 11.3 Å². The Morgan fingerprint density at radius 3 is 2.67 bits per heavy atom. The molecule has 0 aliphatic heterocycles. The van der Waals surface area contributed by atoms with Crippen molar-refractivity contribution in [1.82, 2.24) is 0 Å². The van der Waals surface area contributed by atoms with Gasteiger partial charge in [0.2, 0.25) is 0 Å². The third-order valence-corrected chi connectivity index (χ3v) is 3.75. The zero-order valence-electron chi connectivity index (χ0n) is 9.46. The van der Waals surface area contributed by atoms with Crippen molar-refractivity contribution in [2.24, 2.45) is 11.3 Å². The quantitative estimate of drug-likeness (QED) is 0.568. The molecule has 0 saturated carbocycles. The number of hydrogen-bond donors (Lipinski definition) is 0. The molecule has 0 fully saturated rings. The fourth-order valence-electron chi connectivity index (χ4n) is 2.65. The van der Waals surface area contributed by atoms with Crippen molar-refractivity contribution in [2.45, 2.75) is 33.6 Å². The first-order valence-electron chi connectivity index (χ1n) is 5.38. The van der Waals surface area contributed by atoms with Crippen LogP contribution in [0.5, 0.6) is 0 Å². The van der Waals surface area contributed by atoms with E-state index in [9.17, 15) is 9.59 Å². The Morgan fingerprint density at radius 2 is 2.00 bits per heavy atom. The molecule has 0 amide bonds. The van der Waals surface area contributed by atoms with Crippen LogP contribution in [0, 0.1) is 11.3 Å². The van der Waals surface area contributed by atoms with E-state index < -0.39 is 5.41 Å². The van der Waals surface area contributed by atoms with Crippen LogP contribution in [0.3, 0.4) is 0 Å². The van der Waals surface area contributed by atoms with E-state index in [1.807, 2.05) is 13.8 Å². The van der Waals surface area contributed by atoms with Crippen LogP contribution in [0.4, 0.5) is 0 Å². The molecule has 0 heterocycles. The van der Waals surface area contributed by atoms with E-state index in [1.54, 1.807) is 6.92 Å². The first-order valence-corrected chi connectivity index (χ1v) is 5.38. The predicted octanol–water partition coefficient (Wildman–Crippen LogP) is 2.45. The largest absolute Gasteiger partial charge is 0.294 e. The van der Waals surface area contributed by atoms with Gasteiger partial charge < -0.3 is 0 Å². The third kappa shape index (κ3) is 1.39. The van der Waals surface area contributed by atoms with E-state index in [2.05, 4.69) is 6.08 Å². The van der Waals surface area contributed by atoms with Crippen molar-refractivity contribution >= 4 is 11.6 Å². The molecule has 15 heavy (non-hydrogen) atoms. The van der Waals surface area contributed by atoms with Gasteiger partial charge in [-0.3, -0.25) is 9.59 Å². The lowest BCUT2D eigenvalue weighted by Gasteiger charge is -2.40. The second kappa shape index (κ2) is 3.16. The van der Waals surface area contributed by atoms with E-state index >= 15 is 0 Å². The van der Waals surface area contributed by atoms with Crippen LogP contribution in [-0.2, 0) is 9.59 Å². The molecule has 0 aromatic rings. The highest BCUT2D eigenvalue weighted by Gasteiger charge is 2.48. The van der Waals surface area contributed by atoms with E-state index in [-0.39, 0.29) is 17.5 Å². The summed E-state index contributed by atoms with van der Waals surface area (Å²) >= 11 is 0. The number of allylic oxidation sites excluding steroid dienone is 4. The molecule has 2 aliphatic rings. The van der Waals surface area contributed by atoms with Crippen LogP contribution in [0.25, 0.3) is 0 Å². The molecule has 0 aromatic heterocycles. The van der Waals surface area contributed by atoms with Gasteiger partial charge in [-0.25, -0.2) is 0 Å². The maximum atomic E-state index is 12.1. The normalized spacial score (nSPS) is 35.8. The van der Waals surface area contributed by atoms with E-state index in [1.165, 1.54) is 11.6 Å². The molecule has 2 heteroatoms. The lowest BCUT2D eigenvalue weighted by molar-refractivity contribution is -0.136. The molecule has 0 radical (unpaired) electrons. The first-order chi connectivity index (χ1) is 6.95. The molecular formula is C13H16O2. The van der Waals surface area contributed by atoms with E-state index in [4.69, 9.17) is 0 Å². The topological polar surface area (TPSA) is 34.1 Å². The number of ketones is 2. The summed E-state index contributed by atoms with van der Waals surface area (Å²) in [6.45, 7) is 5.70. The SMILES string of the molecule is CC1=CC[C@@]2(C)C(=O)C(C)=CC(=O)[C@H]2C1. The molecule has 0 unspecified atom stereocenters. The van der Waals surface area contributed by atoms with Crippen molar-refractivity contribution in [3.8, 4) is 0 Å². The Bertz CT molecular complexity index is 401. The van der Waals surface area contributed by atoms with Gasteiger partial charge in [0.05, 0.1) is 0 Å². The van der Waals surface area contributed by atoms with Gasteiger partial charge in [-0.05, 0) is 38.3 Å². The Balaban J connectivity index is 2.49. The Labute approximate surface area is 90.1 Å². The zero-order chi connectivity index (χ0) is 11.2. The first kappa shape index (κ1) is 10.3. The molecule has 2 atom stereocenters. The summed E-state index contributed by atoms with van der Waals surface area (Å²) in [5, 5.41) is 0. The molecule has 0 bridgehead atoms. The molecule has 2 aliphatic carbocycles. The molecule has 0 saturated heterocycles. The molecular weight excluding hydrogens is 188 g/mol. The summed E-state index contributed by atoms with van der Waals surface area (Å²) in [4.78, 5) is 24.0. The minimum absolute atomic E-state index is 0.126. The van der Waals surface area contributed by atoms with Gasteiger partial charge >= 0.3 is 0 Å². The number of carbonyl (C=O) groups is 2. The minimum atomic E-state index is -0.477. The summed E-state index contributed by atoms with van der Waals surface area (Å²) in [7, 11) is 0. The number of rotatable bonds is 0. The van der Waals surface area contributed by atoms with Crippen LogP contribution in [-0.4, -0.2) is 11.6 Å². The monoisotopic (exact) mass is 204 g/mol. The fraction of sp³-hybridized carbons (Fsp3) is 0.538. The third-order valence-electron chi connectivity index (χ3n) is 3.75. The van der Waals surface area contributed by atoms with Gasteiger partial charge in [-0.15, -0.1) is 0 Å². The Morgan fingerprint density at radius 1 is 1.33 bits per heavy atom. The molecule has 0 N–H and O–H groups in total. The average molecular weight is 204 g/mol. The summed E-state index contributed by atoms with van der Waals surface area (Å²) in [6, 6.07) is 0. The van der Waals surface area contributed by atoms with Crippen LogP contribution < -0.4 is 0 Å². The van der Waals surface area contributed by atoms with Crippen LogP contribution in [0.2, 0.25) is 0 Å². The van der Waals surface area contributed by atoms with E-state index in [0.29, 0.717) is 12.0 Å². The number of carbonyl (C=O) groups excluding carboxylic acids is 2. The fourth-order valence-corrected chi connectivity index (χ4v) is 2.65. The lowest BCUT2D eigenvalue weighted by atomic mass is 9.60. The Hall–Kier alpha value is -1.18. The van der Waals surface area contributed by atoms with Crippen molar-refractivity contribution < 1.29 is 9.59 Å². The summed E-state index contributed by atoms with van der Waals surface area (Å²) < 4.78 is 0. The minimum Gasteiger partial charge on any atom is -0.294 e. The highest BCUT2D eigenvalue weighted by Crippen LogP contribution is 2.45. The van der Waals surface area contributed by atoms with Gasteiger partial charge in [0.1, 0.15) is 0 Å². The van der Waals surface area contributed by atoms with Gasteiger partial charge in [0.25, 0.3) is 0 Å². The van der Waals surface area contributed by atoms with Crippen molar-refractivity contribution in [2.75, 3.05) is 0 Å². The van der Waals surface area contributed by atoms with E-state index in [0.717, 1.165) is 6.42 Å². The zero-order valence-corrected chi connectivity index (χ0v) is 9.46. The number of Topliss-reactive ketones (excluding diaryl/α,β-unsaturated/α-hetero) is 1. The highest BCUT2D eigenvalue weighted by atomic mass is 16.1. The van der Waals surface area contributed by atoms with Crippen molar-refractivity contribution in [3.63, 3.8) is 0 Å². The smallest absolute Gasteiger partial charge is 0.165 e. The van der Waals surface area contributed by atoms with Gasteiger partial charge in [0.15, 0.2) is 11.6 Å². The maximum absolute atomic E-state index is 12.1. The molecule has 2 nitrogen and oxygen atoms in total. The van der Waals surface area contributed by atoms with Gasteiger partial charge in [-0.1, -0.05) is 18.6 Å². The van der Waals surface area contributed by atoms with Crippen molar-refractivity contribution in [1.29, 1.82) is 0 Å². The van der Waals surface area contributed by atoms with Crippen LogP contribution in [0.1, 0.15) is 33.6 Å². The second-order valence-electron chi connectivity index (χ2n) is 4.99. The van der Waals surface area contributed by atoms with Crippen LogP contribution >= 0.6 is 0 Å². The Kier molecular flexibility index (Phi) is 2.18. The lowest BCUT2D eigenvalue weighted by Crippen LogP contribution is -2.45. The number of hydrogen-bond acceptors (Lipinski definition) is 2. The standard InChI is InChI=1S/C13H16O2/c1-8-4-5-13(3)10(6-8)11(14)7-9(2)12(13)15/h4,7,10H,5-6H2,1-3H3/t10-,13-/m1/s1. The molecule has 2 rings (SSSR count). The highest BCUT2D eigenvalue weighted by molar-refractivity contribution is 6.12. The van der Waals surface area contributed by atoms with Crippen molar-refractivity contribution in [3.05, 3.63) is 23.3 Å². The maximum Gasteiger partial charge on any atom is 0.165 e. The molecule has 0 spiro atoms. The molecule has 80 valence electrons. The summed E-state index contributed by atoms with van der Waals surface area (Å²) in [6.07, 6.45) is 5.07. The molecule has 0 aromatic carbocycles. The summed E-state index contributed by atoms with van der Waals surface area (Å²) in [5.74, 6) is 0.150. The summed E-state index contributed by atoms with van der Waals surface area (Å²) in [5.41, 5.74) is 1.37. The number of fused-ring (bicyclic) bond motifs is 1. The predicted molar refractivity (Wildman–Crippen MR) is 58.4 cm³/mol. The average Bonchev–Trinajstić information content (AvgIpc) is 2.18. The second-order valence-corrected chi connectivity index (χ2v) is 4.99. The van der Waals surface area contributed by atoms with Crippen LogP contribution in [0.15, 0.2) is 23.3 Å².